The second kappa shape index (κ2) is 5.22. The van der Waals surface area contributed by atoms with E-state index < -0.39 is 17.9 Å². The summed E-state index contributed by atoms with van der Waals surface area (Å²) in [4.78, 5) is 38.4. The van der Waals surface area contributed by atoms with Gasteiger partial charge in [0, 0.05) is 5.56 Å². The fourth-order valence-corrected chi connectivity index (χ4v) is 2.64. The molecular weight excluding hydrogens is 278 g/mol. The van der Waals surface area contributed by atoms with E-state index in [9.17, 15) is 14.4 Å². The third-order valence-electron chi connectivity index (χ3n) is 3.93. The number of nitrogens with zero attached hydrogens (tertiary/aromatic N) is 1. The van der Waals surface area contributed by atoms with E-state index in [-0.39, 0.29) is 5.78 Å². The van der Waals surface area contributed by atoms with Gasteiger partial charge in [0.15, 0.2) is 5.78 Å². The van der Waals surface area contributed by atoms with Gasteiger partial charge in [0.1, 0.15) is 6.04 Å². The molecule has 1 unspecified atom stereocenters. The number of aryl methyl sites for hydroxylation is 1. The van der Waals surface area contributed by atoms with Gasteiger partial charge in [-0.3, -0.25) is 19.3 Å². The number of Topliss-reactive ketones (excluding diaryl/α,β-unsaturated/α-hetero) is 1. The van der Waals surface area contributed by atoms with Crippen molar-refractivity contribution in [3.63, 3.8) is 0 Å². The summed E-state index contributed by atoms with van der Waals surface area (Å²) in [5.41, 5.74) is 2.26. The highest BCUT2D eigenvalue weighted by Gasteiger charge is 2.40. The average molecular weight is 293 g/mol. The molecule has 0 bridgehead atoms. The summed E-state index contributed by atoms with van der Waals surface area (Å²) in [6, 6.07) is 12.9. The van der Waals surface area contributed by atoms with Crippen LogP contribution >= 0.6 is 0 Å². The lowest BCUT2D eigenvalue weighted by Gasteiger charge is -2.21. The maximum Gasteiger partial charge on any atom is 0.262 e. The van der Waals surface area contributed by atoms with Crippen molar-refractivity contribution in [2.24, 2.45) is 0 Å². The minimum absolute atomic E-state index is 0.241. The number of fused-ring (bicyclic) bond motifs is 1. The van der Waals surface area contributed by atoms with Crippen LogP contribution in [-0.4, -0.2) is 28.5 Å². The third-order valence-corrected chi connectivity index (χ3v) is 3.93. The standard InChI is InChI=1S/C18H15NO3/c1-11-7-9-13(10-8-11)16(20)12(2)19-17(21)14-5-3-4-6-15(14)18(19)22/h3-10,12H,1-2H3. The molecule has 0 N–H and O–H groups in total. The van der Waals surface area contributed by atoms with Gasteiger partial charge in [0.25, 0.3) is 11.8 Å². The third kappa shape index (κ3) is 2.13. The van der Waals surface area contributed by atoms with Crippen LogP contribution in [0, 0.1) is 6.92 Å². The van der Waals surface area contributed by atoms with Crippen molar-refractivity contribution in [2.75, 3.05) is 0 Å². The number of ketones is 1. The number of hydrogen-bond acceptors (Lipinski definition) is 3. The van der Waals surface area contributed by atoms with Crippen molar-refractivity contribution in [1.29, 1.82) is 0 Å². The minimum atomic E-state index is -0.824. The van der Waals surface area contributed by atoms with Gasteiger partial charge in [-0.25, -0.2) is 0 Å². The van der Waals surface area contributed by atoms with Crippen LogP contribution in [0.25, 0.3) is 0 Å². The van der Waals surface area contributed by atoms with E-state index in [1.165, 1.54) is 0 Å². The van der Waals surface area contributed by atoms with Crippen molar-refractivity contribution in [3.8, 4) is 0 Å². The van der Waals surface area contributed by atoms with Crippen molar-refractivity contribution < 1.29 is 14.4 Å². The van der Waals surface area contributed by atoms with Gasteiger partial charge >= 0.3 is 0 Å². The Morgan fingerprint density at radius 2 is 1.41 bits per heavy atom. The van der Waals surface area contributed by atoms with Crippen molar-refractivity contribution in [2.45, 2.75) is 19.9 Å². The molecule has 2 aromatic rings. The number of benzene rings is 2. The van der Waals surface area contributed by atoms with Crippen LogP contribution in [0.15, 0.2) is 48.5 Å². The molecule has 1 aliphatic heterocycles. The van der Waals surface area contributed by atoms with E-state index in [0.29, 0.717) is 16.7 Å². The summed E-state index contributed by atoms with van der Waals surface area (Å²) >= 11 is 0. The molecule has 4 heteroatoms. The number of rotatable bonds is 3. The van der Waals surface area contributed by atoms with Crippen molar-refractivity contribution in [1.82, 2.24) is 4.90 Å². The van der Waals surface area contributed by atoms with Crippen LogP contribution in [0.1, 0.15) is 43.6 Å². The van der Waals surface area contributed by atoms with Crippen LogP contribution in [0.4, 0.5) is 0 Å². The molecule has 22 heavy (non-hydrogen) atoms. The molecule has 2 aromatic carbocycles. The molecule has 3 rings (SSSR count). The highest BCUT2D eigenvalue weighted by molar-refractivity contribution is 6.23. The topological polar surface area (TPSA) is 54.5 Å². The Kier molecular flexibility index (Phi) is 3.37. The molecule has 0 aromatic heterocycles. The van der Waals surface area contributed by atoms with Crippen LogP contribution in [0.2, 0.25) is 0 Å². The van der Waals surface area contributed by atoms with E-state index in [4.69, 9.17) is 0 Å². The maximum atomic E-state index is 12.5. The normalized spacial score (nSPS) is 14.9. The Morgan fingerprint density at radius 1 is 0.909 bits per heavy atom. The molecule has 1 aliphatic rings. The van der Waals surface area contributed by atoms with E-state index in [0.717, 1.165) is 10.5 Å². The molecule has 0 fully saturated rings. The molecule has 0 radical (unpaired) electrons. The predicted octanol–water partition coefficient (Wildman–Crippen LogP) is 2.86. The molecule has 0 spiro atoms. The van der Waals surface area contributed by atoms with Gasteiger partial charge in [0.05, 0.1) is 11.1 Å². The second-order valence-electron chi connectivity index (χ2n) is 5.43. The second-order valence-corrected chi connectivity index (χ2v) is 5.43. The molecule has 0 aliphatic carbocycles. The zero-order chi connectivity index (χ0) is 15.9. The first-order chi connectivity index (χ1) is 10.5. The first-order valence-electron chi connectivity index (χ1n) is 7.08. The number of amides is 2. The van der Waals surface area contributed by atoms with E-state index in [1.54, 1.807) is 43.3 Å². The molecular formula is C18H15NO3. The summed E-state index contributed by atoms with van der Waals surface area (Å²) in [6.07, 6.45) is 0. The fourth-order valence-electron chi connectivity index (χ4n) is 2.64. The van der Waals surface area contributed by atoms with Gasteiger partial charge in [-0.2, -0.15) is 0 Å². The van der Waals surface area contributed by atoms with Gasteiger partial charge in [0.2, 0.25) is 0 Å². The molecule has 4 nitrogen and oxygen atoms in total. The quantitative estimate of drug-likeness (QED) is 0.646. The van der Waals surface area contributed by atoms with E-state index in [1.807, 2.05) is 19.1 Å². The smallest absolute Gasteiger partial charge is 0.262 e. The predicted molar refractivity (Wildman–Crippen MR) is 81.9 cm³/mol. The van der Waals surface area contributed by atoms with Crippen LogP contribution in [-0.2, 0) is 0 Å². The minimum Gasteiger partial charge on any atom is -0.292 e. The molecule has 0 saturated heterocycles. The van der Waals surface area contributed by atoms with E-state index in [2.05, 4.69) is 0 Å². The molecule has 1 heterocycles. The lowest BCUT2D eigenvalue weighted by molar-refractivity contribution is 0.0555. The first kappa shape index (κ1) is 14.2. The number of hydrogen-bond donors (Lipinski definition) is 0. The first-order valence-corrected chi connectivity index (χ1v) is 7.08. The Bertz CT molecular complexity index is 742. The molecule has 0 saturated carbocycles. The SMILES string of the molecule is Cc1ccc(C(=O)C(C)N2C(=O)c3ccccc3C2=O)cc1. The summed E-state index contributed by atoms with van der Waals surface area (Å²) in [5, 5.41) is 0. The highest BCUT2D eigenvalue weighted by atomic mass is 16.2. The Labute approximate surface area is 128 Å². The number of carbonyl (C=O) groups excluding carboxylic acids is 3. The van der Waals surface area contributed by atoms with Crippen molar-refractivity contribution in [3.05, 3.63) is 70.8 Å². The summed E-state index contributed by atoms with van der Waals surface area (Å²) in [7, 11) is 0. The average Bonchev–Trinajstić information content (AvgIpc) is 2.79. The monoisotopic (exact) mass is 293 g/mol. The zero-order valence-electron chi connectivity index (χ0n) is 12.4. The Morgan fingerprint density at radius 3 is 1.91 bits per heavy atom. The van der Waals surface area contributed by atoms with E-state index >= 15 is 0 Å². The van der Waals surface area contributed by atoms with Gasteiger partial charge in [-0.1, -0.05) is 42.0 Å². The van der Waals surface area contributed by atoms with Gasteiger partial charge < -0.3 is 0 Å². The highest BCUT2D eigenvalue weighted by Crippen LogP contribution is 2.25. The van der Waals surface area contributed by atoms with Crippen LogP contribution in [0.3, 0.4) is 0 Å². The Hall–Kier alpha value is -2.75. The summed E-state index contributed by atoms with van der Waals surface area (Å²) < 4.78 is 0. The number of carbonyl (C=O) groups is 3. The van der Waals surface area contributed by atoms with Crippen molar-refractivity contribution >= 4 is 17.6 Å². The van der Waals surface area contributed by atoms with Crippen LogP contribution < -0.4 is 0 Å². The molecule has 2 amide bonds. The molecule has 110 valence electrons. The lowest BCUT2D eigenvalue weighted by Crippen LogP contribution is -2.42. The summed E-state index contributed by atoms with van der Waals surface area (Å²) in [6.45, 7) is 3.52. The van der Waals surface area contributed by atoms with Gasteiger partial charge in [-0.15, -0.1) is 0 Å². The lowest BCUT2D eigenvalue weighted by atomic mass is 10.0. The largest absolute Gasteiger partial charge is 0.292 e. The fraction of sp³-hybridized carbons (Fsp3) is 0.167. The maximum absolute atomic E-state index is 12.5. The van der Waals surface area contributed by atoms with Crippen LogP contribution in [0.5, 0.6) is 0 Å². The Balaban J connectivity index is 1.92. The molecule has 1 atom stereocenters. The number of imide groups is 1. The van der Waals surface area contributed by atoms with Gasteiger partial charge in [-0.05, 0) is 26.0 Å². The zero-order valence-corrected chi connectivity index (χ0v) is 12.4. The summed E-state index contributed by atoms with van der Waals surface area (Å²) in [5.74, 6) is -1.06.